The predicted molar refractivity (Wildman–Crippen MR) is 92.5 cm³/mol. The number of hydrogen-bond donors (Lipinski definition) is 2. The number of carboxylic acid groups (broad SMARTS) is 1. The lowest BCUT2D eigenvalue weighted by Crippen LogP contribution is -2.80. The number of amides is 2. The fourth-order valence-corrected chi connectivity index (χ4v) is 4.39. The third-order valence-corrected chi connectivity index (χ3v) is 5.58. The number of fused-ring (bicyclic) bond motifs is 1. The van der Waals surface area contributed by atoms with Gasteiger partial charge >= 0.3 is 11.9 Å². The maximum atomic E-state index is 12.8. The molecule has 3 rings (SSSR count). The maximum absolute atomic E-state index is 12.8. The molecular weight excluding hydrogens is 394 g/mol. The van der Waals surface area contributed by atoms with Gasteiger partial charge in [0.25, 0.3) is 11.6 Å². The number of thioether (sulfide) groups is 1. The zero-order valence-electron chi connectivity index (χ0n) is 15.0. The van der Waals surface area contributed by atoms with Gasteiger partial charge in [-0.05, 0) is 0 Å². The Morgan fingerprint density at radius 1 is 1.50 bits per heavy atom. The van der Waals surface area contributed by atoms with E-state index < -0.39 is 34.9 Å². The fourth-order valence-electron chi connectivity index (χ4n) is 2.97. The van der Waals surface area contributed by atoms with Crippen molar-refractivity contribution in [2.24, 2.45) is 0 Å². The van der Waals surface area contributed by atoms with Crippen LogP contribution in [-0.2, 0) is 35.1 Å². The first-order valence-electron chi connectivity index (χ1n) is 8.08. The number of ether oxygens (including phenoxy) is 2. The summed E-state index contributed by atoms with van der Waals surface area (Å²) in [6.07, 6.45) is 2.50. The van der Waals surface area contributed by atoms with E-state index in [2.05, 4.69) is 10.3 Å². The number of aromatic nitrogens is 1. The summed E-state index contributed by atoms with van der Waals surface area (Å²) in [6.45, 7) is 0.963. The van der Waals surface area contributed by atoms with E-state index in [4.69, 9.17) is 13.9 Å². The lowest BCUT2D eigenvalue weighted by atomic mass is 9.98. The third kappa shape index (κ3) is 3.36. The Morgan fingerprint density at radius 3 is 2.82 bits per heavy atom. The van der Waals surface area contributed by atoms with Gasteiger partial charge in [-0.3, -0.25) is 19.3 Å². The Hall–Kier alpha value is -2.86. The molecule has 12 heteroatoms. The van der Waals surface area contributed by atoms with Crippen LogP contribution in [0.5, 0.6) is 0 Å². The first-order valence-corrected chi connectivity index (χ1v) is 9.13. The average Bonchev–Trinajstić information content (AvgIpc) is 3.15. The van der Waals surface area contributed by atoms with Crippen molar-refractivity contribution >= 4 is 35.5 Å². The summed E-state index contributed by atoms with van der Waals surface area (Å²) < 4.78 is 15.2. The molecule has 2 N–H and O–H groups in total. The zero-order chi connectivity index (χ0) is 20.5. The highest BCUT2D eigenvalue weighted by molar-refractivity contribution is 8.00. The van der Waals surface area contributed by atoms with Crippen molar-refractivity contribution in [2.75, 3.05) is 19.5 Å². The van der Waals surface area contributed by atoms with Crippen LogP contribution in [0.2, 0.25) is 0 Å². The normalized spacial score (nSPS) is 23.7. The highest BCUT2D eigenvalue weighted by Crippen LogP contribution is 2.46. The van der Waals surface area contributed by atoms with Gasteiger partial charge < -0.3 is 24.3 Å². The van der Waals surface area contributed by atoms with Crippen LogP contribution in [0.15, 0.2) is 28.1 Å². The molecule has 11 nitrogen and oxygen atoms in total. The minimum Gasteiger partial charge on any atom is -0.477 e. The number of methoxy groups -OCH3 is 1. The van der Waals surface area contributed by atoms with Crippen LogP contribution in [0.1, 0.15) is 12.8 Å². The maximum Gasteiger partial charge on any atom is 0.352 e. The number of aliphatic carboxylic acids is 1. The second-order valence-corrected chi connectivity index (χ2v) is 7.04. The van der Waals surface area contributed by atoms with Gasteiger partial charge in [0.1, 0.15) is 30.4 Å². The van der Waals surface area contributed by atoms with E-state index in [9.17, 15) is 24.3 Å². The summed E-state index contributed by atoms with van der Waals surface area (Å²) in [5.41, 5.74) is -1.69. The number of esters is 1. The minimum absolute atomic E-state index is 0.165. The largest absolute Gasteiger partial charge is 0.477 e. The van der Waals surface area contributed by atoms with Gasteiger partial charge in [0.2, 0.25) is 11.8 Å². The van der Waals surface area contributed by atoms with Crippen molar-refractivity contribution in [3.05, 3.63) is 29.6 Å². The number of oxazole rings is 1. The molecule has 2 aliphatic rings. The van der Waals surface area contributed by atoms with Gasteiger partial charge in [-0.1, -0.05) is 0 Å². The van der Waals surface area contributed by atoms with Crippen molar-refractivity contribution in [3.63, 3.8) is 0 Å². The molecule has 0 saturated carbocycles. The molecule has 1 fully saturated rings. The van der Waals surface area contributed by atoms with Crippen LogP contribution < -0.4 is 5.32 Å². The quantitative estimate of drug-likeness (QED) is 0.341. The molecule has 0 unspecified atom stereocenters. The van der Waals surface area contributed by atoms with Gasteiger partial charge in [0.05, 0.1) is 6.20 Å². The van der Waals surface area contributed by atoms with E-state index in [0.717, 1.165) is 4.90 Å². The lowest BCUT2D eigenvalue weighted by Gasteiger charge is -2.55. The fraction of sp³-hybridized carbons (Fsp3) is 0.438. The molecule has 1 aromatic heterocycles. The Balaban J connectivity index is 1.81. The summed E-state index contributed by atoms with van der Waals surface area (Å²) >= 11 is 1.19. The summed E-state index contributed by atoms with van der Waals surface area (Å²) in [4.78, 5) is 52.7. The van der Waals surface area contributed by atoms with Gasteiger partial charge in [0.15, 0.2) is 0 Å². The first kappa shape index (κ1) is 19.9. The van der Waals surface area contributed by atoms with Gasteiger partial charge in [0, 0.05) is 25.4 Å². The molecule has 150 valence electrons. The molecule has 1 aromatic rings. The molecule has 0 aliphatic carbocycles. The van der Waals surface area contributed by atoms with Gasteiger partial charge in [-0.2, -0.15) is 0 Å². The standard InChI is InChI=1S/C16H17N3O8S/c1-8(20)27-6-9-7-28-15-16(25-2,14(24)19(15)12(9)13(22)23)18-10(21)5-11-17-3-4-26-11/h3-4,15H,5-7H2,1-2H3,(H,18,21)(H,22,23)/t15-,16-/m1/s1. The van der Waals surface area contributed by atoms with Crippen LogP contribution in [0, 0.1) is 0 Å². The number of carbonyl (C=O) groups excluding carboxylic acids is 3. The Kier molecular flexibility index (Phi) is 5.42. The third-order valence-electron chi connectivity index (χ3n) is 4.20. The number of carboxylic acids is 1. The highest BCUT2D eigenvalue weighted by atomic mass is 32.2. The molecule has 28 heavy (non-hydrogen) atoms. The summed E-state index contributed by atoms with van der Waals surface area (Å²) in [5.74, 6) is -2.85. The van der Waals surface area contributed by atoms with Crippen molar-refractivity contribution in [3.8, 4) is 0 Å². The second-order valence-electron chi connectivity index (χ2n) is 5.97. The number of nitrogens with one attached hydrogen (secondary N) is 1. The van der Waals surface area contributed by atoms with Crippen molar-refractivity contribution in [1.82, 2.24) is 15.2 Å². The van der Waals surface area contributed by atoms with E-state index >= 15 is 0 Å². The van der Waals surface area contributed by atoms with Crippen molar-refractivity contribution in [1.29, 1.82) is 0 Å². The molecule has 2 aliphatic heterocycles. The number of carbonyl (C=O) groups is 4. The van der Waals surface area contributed by atoms with E-state index in [0.29, 0.717) is 0 Å². The average molecular weight is 411 g/mol. The van der Waals surface area contributed by atoms with Crippen molar-refractivity contribution in [2.45, 2.75) is 24.4 Å². The molecule has 0 aromatic carbocycles. The van der Waals surface area contributed by atoms with Crippen LogP contribution in [-0.4, -0.2) is 69.3 Å². The summed E-state index contributed by atoms with van der Waals surface area (Å²) in [5, 5.41) is 11.3. The monoisotopic (exact) mass is 411 g/mol. The van der Waals surface area contributed by atoms with Crippen LogP contribution >= 0.6 is 11.8 Å². The lowest BCUT2D eigenvalue weighted by molar-refractivity contribution is -0.192. The van der Waals surface area contributed by atoms with Gasteiger partial charge in [-0.25, -0.2) is 9.78 Å². The molecule has 0 spiro atoms. The van der Waals surface area contributed by atoms with Crippen LogP contribution in [0.3, 0.4) is 0 Å². The van der Waals surface area contributed by atoms with Gasteiger partial charge in [-0.15, -0.1) is 11.8 Å². The summed E-state index contributed by atoms with van der Waals surface area (Å²) in [7, 11) is 1.25. The van der Waals surface area contributed by atoms with Crippen molar-refractivity contribution < 1.29 is 38.2 Å². The molecule has 0 radical (unpaired) electrons. The molecular formula is C16H17N3O8S. The highest BCUT2D eigenvalue weighted by Gasteiger charge is 2.66. The van der Waals surface area contributed by atoms with E-state index in [1.54, 1.807) is 0 Å². The zero-order valence-corrected chi connectivity index (χ0v) is 15.8. The Labute approximate surface area is 163 Å². The minimum atomic E-state index is -1.71. The molecule has 2 atom stereocenters. The van der Waals surface area contributed by atoms with Crippen LogP contribution in [0.4, 0.5) is 0 Å². The Morgan fingerprint density at radius 2 is 2.25 bits per heavy atom. The number of nitrogens with zero attached hydrogens (tertiary/aromatic N) is 2. The van der Waals surface area contributed by atoms with Crippen LogP contribution in [0.25, 0.3) is 0 Å². The first-order chi connectivity index (χ1) is 13.3. The van der Waals surface area contributed by atoms with E-state index in [1.165, 1.54) is 38.3 Å². The number of hydrogen-bond acceptors (Lipinski definition) is 9. The van der Waals surface area contributed by atoms with E-state index in [1.807, 2.05) is 0 Å². The molecule has 2 amide bonds. The summed E-state index contributed by atoms with van der Waals surface area (Å²) in [6, 6.07) is 0. The van der Waals surface area contributed by atoms with E-state index in [-0.39, 0.29) is 35.9 Å². The number of β-lactam (4-membered cyclic amide) rings is 1. The Bertz CT molecular complexity index is 852. The molecule has 1 saturated heterocycles. The smallest absolute Gasteiger partial charge is 0.352 e. The topological polar surface area (TPSA) is 148 Å². The molecule has 3 heterocycles. The second kappa shape index (κ2) is 7.64. The number of rotatable bonds is 7. The SMILES string of the molecule is CO[C@]1(NC(=O)Cc2ncco2)C(=O)N2C(C(=O)O)=C(COC(C)=O)CS[C@@H]21. The predicted octanol–water partition coefficient (Wildman–Crippen LogP) is -0.507. The molecule has 0 bridgehead atoms.